The highest BCUT2D eigenvalue weighted by Gasteiger charge is 2.32. The Morgan fingerprint density at radius 3 is 2.56 bits per heavy atom. The van der Waals surface area contributed by atoms with Crippen LogP contribution in [0.15, 0.2) is 52.9 Å². The number of carbonyl (C=O) groups is 1. The quantitative estimate of drug-likeness (QED) is 0.694. The van der Waals surface area contributed by atoms with E-state index in [2.05, 4.69) is 10.3 Å². The maximum Gasteiger partial charge on any atom is 0.417 e. The molecular weight excluding hydrogens is 403 g/mol. The van der Waals surface area contributed by atoms with Crippen LogP contribution < -0.4 is 10.9 Å². The minimum Gasteiger partial charge on any atom is -0.325 e. The fraction of sp³-hybridized carbons (Fsp3) is 0.118. The van der Waals surface area contributed by atoms with Crippen LogP contribution in [0.1, 0.15) is 5.56 Å². The molecule has 0 fully saturated rings. The molecule has 1 amide bonds. The maximum atomic E-state index is 12.8. The van der Waals surface area contributed by atoms with E-state index in [-0.39, 0.29) is 0 Å². The SMILES string of the molecule is O=C(Cn1cc(C(F)(F)F)cc(Cl)c1=O)Nc1ccc(-c2nccs2)cc1. The third-order valence-corrected chi connectivity index (χ3v) is 4.62. The predicted octanol–water partition coefficient (Wildman–Crippen LogP) is 4.28. The molecule has 3 aromatic rings. The lowest BCUT2D eigenvalue weighted by atomic mass is 10.2. The van der Waals surface area contributed by atoms with Crippen molar-refractivity contribution in [1.29, 1.82) is 0 Å². The number of thiazole rings is 1. The lowest BCUT2D eigenvalue weighted by molar-refractivity contribution is -0.138. The van der Waals surface area contributed by atoms with E-state index in [9.17, 15) is 22.8 Å². The normalized spacial score (nSPS) is 11.4. The van der Waals surface area contributed by atoms with Gasteiger partial charge in [-0.2, -0.15) is 13.2 Å². The molecule has 10 heteroatoms. The van der Waals surface area contributed by atoms with Gasteiger partial charge in [0.2, 0.25) is 5.91 Å². The van der Waals surface area contributed by atoms with Gasteiger partial charge in [-0.25, -0.2) is 4.98 Å². The molecule has 0 aliphatic heterocycles. The van der Waals surface area contributed by atoms with E-state index in [1.807, 2.05) is 5.38 Å². The molecule has 140 valence electrons. The lowest BCUT2D eigenvalue weighted by Crippen LogP contribution is -2.29. The molecule has 0 saturated carbocycles. The topological polar surface area (TPSA) is 64.0 Å². The molecule has 0 aliphatic rings. The van der Waals surface area contributed by atoms with Crippen molar-refractivity contribution in [2.24, 2.45) is 0 Å². The van der Waals surface area contributed by atoms with Crippen LogP contribution in [0.3, 0.4) is 0 Å². The van der Waals surface area contributed by atoms with Crippen LogP contribution in [0.2, 0.25) is 5.02 Å². The second kappa shape index (κ2) is 7.53. The van der Waals surface area contributed by atoms with Gasteiger partial charge in [0.15, 0.2) is 0 Å². The van der Waals surface area contributed by atoms with Crippen molar-refractivity contribution in [2.45, 2.75) is 12.7 Å². The Balaban J connectivity index is 1.74. The molecule has 2 aromatic heterocycles. The predicted molar refractivity (Wildman–Crippen MR) is 96.9 cm³/mol. The zero-order valence-electron chi connectivity index (χ0n) is 13.5. The fourth-order valence-corrected chi connectivity index (χ4v) is 3.16. The molecule has 3 rings (SSSR count). The number of nitrogens with one attached hydrogen (secondary N) is 1. The summed E-state index contributed by atoms with van der Waals surface area (Å²) >= 11 is 7.03. The van der Waals surface area contributed by atoms with Crippen LogP contribution in [0.5, 0.6) is 0 Å². The Kier molecular flexibility index (Phi) is 5.33. The fourth-order valence-electron chi connectivity index (χ4n) is 2.29. The molecule has 0 bridgehead atoms. The molecule has 1 aromatic carbocycles. The molecule has 0 radical (unpaired) electrons. The number of carbonyl (C=O) groups excluding carboxylic acids is 1. The van der Waals surface area contributed by atoms with Gasteiger partial charge in [-0.3, -0.25) is 9.59 Å². The van der Waals surface area contributed by atoms with Gasteiger partial charge >= 0.3 is 6.18 Å². The monoisotopic (exact) mass is 413 g/mol. The number of nitrogens with zero attached hydrogens (tertiary/aromatic N) is 2. The highest BCUT2D eigenvalue weighted by atomic mass is 35.5. The summed E-state index contributed by atoms with van der Waals surface area (Å²) in [5.41, 5.74) is -0.679. The van der Waals surface area contributed by atoms with Crippen LogP contribution in [0.25, 0.3) is 10.6 Å². The summed E-state index contributed by atoms with van der Waals surface area (Å²) in [4.78, 5) is 28.2. The number of halogens is 4. The first-order chi connectivity index (χ1) is 12.7. The largest absolute Gasteiger partial charge is 0.417 e. The van der Waals surface area contributed by atoms with Crippen LogP contribution in [0.4, 0.5) is 18.9 Å². The molecule has 2 heterocycles. The number of rotatable bonds is 4. The van der Waals surface area contributed by atoms with Crippen LogP contribution in [0, 0.1) is 0 Å². The van der Waals surface area contributed by atoms with Crippen molar-refractivity contribution in [3.8, 4) is 10.6 Å². The Labute approximate surface area is 160 Å². The number of amides is 1. The van der Waals surface area contributed by atoms with E-state index >= 15 is 0 Å². The van der Waals surface area contributed by atoms with Crippen molar-refractivity contribution in [1.82, 2.24) is 9.55 Å². The van der Waals surface area contributed by atoms with Gasteiger partial charge in [-0.05, 0) is 30.3 Å². The first-order valence-electron chi connectivity index (χ1n) is 7.51. The summed E-state index contributed by atoms with van der Waals surface area (Å²) in [6.07, 6.45) is -2.44. The summed E-state index contributed by atoms with van der Waals surface area (Å²) in [5.74, 6) is -0.658. The van der Waals surface area contributed by atoms with E-state index in [0.717, 1.165) is 10.6 Å². The van der Waals surface area contributed by atoms with Crippen molar-refractivity contribution in [3.05, 3.63) is 69.0 Å². The minimum absolute atomic E-state index is 0.437. The third kappa shape index (κ3) is 4.55. The van der Waals surface area contributed by atoms with Crippen molar-refractivity contribution < 1.29 is 18.0 Å². The molecule has 0 spiro atoms. The van der Waals surface area contributed by atoms with Crippen LogP contribution >= 0.6 is 22.9 Å². The van der Waals surface area contributed by atoms with Gasteiger partial charge in [0.25, 0.3) is 5.56 Å². The van der Waals surface area contributed by atoms with E-state index in [1.165, 1.54) is 11.3 Å². The molecule has 0 aliphatic carbocycles. The molecule has 0 atom stereocenters. The Bertz CT molecular complexity index is 1020. The number of pyridine rings is 1. The first-order valence-corrected chi connectivity index (χ1v) is 8.77. The van der Waals surface area contributed by atoms with Gasteiger partial charge in [-0.15, -0.1) is 11.3 Å². The summed E-state index contributed by atoms with van der Waals surface area (Å²) in [6.45, 7) is -0.600. The molecule has 5 nitrogen and oxygen atoms in total. The van der Waals surface area contributed by atoms with Crippen LogP contribution in [-0.2, 0) is 17.5 Å². The first kappa shape index (κ1) is 19.1. The summed E-state index contributed by atoms with van der Waals surface area (Å²) < 4.78 is 39.1. The highest BCUT2D eigenvalue weighted by molar-refractivity contribution is 7.13. The standard InChI is InChI=1S/C17H11ClF3N3O2S/c18-13-7-11(17(19,20)21)8-24(16(13)26)9-14(25)23-12-3-1-10(2-4-12)15-22-5-6-27-15/h1-8H,9H2,(H,23,25). The van der Waals surface area contributed by atoms with E-state index in [0.29, 0.717) is 22.5 Å². The molecular formula is C17H11ClF3N3O2S. The van der Waals surface area contributed by atoms with Crippen molar-refractivity contribution >= 4 is 34.5 Å². The molecule has 0 saturated heterocycles. The molecule has 27 heavy (non-hydrogen) atoms. The number of alkyl halides is 3. The van der Waals surface area contributed by atoms with Gasteiger partial charge < -0.3 is 9.88 Å². The molecule has 0 unspecified atom stereocenters. The lowest BCUT2D eigenvalue weighted by Gasteiger charge is -2.12. The van der Waals surface area contributed by atoms with Gasteiger partial charge in [-0.1, -0.05) is 11.6 Å². The Hall–Kier alpha value is -2.65. The van der Waals surface area contributed by atoms with E-state index < -0.39 is 34.8 Å². The van der Waals surface area contributed by atoms with Crippen molar-refractivity contribution in [2.75, 3.05) is 5.32 Å². The summed E-state index contributed by atoms with van der Waals surface area (Å²) in [5, 5.41) is 4.58. The molecule has 1 N–H and O–H groups in total. The summed E-state index contributed by atoms with van der Waals surface area (Å²) in [7, 11) is 0. The Morgan fingerprint density at radius 2 is 1.96 bits per heavy atom. The van der Waals surface area contributed by atoms with Gasteiger partial charge in [0, 0.05) is 29.0 Å². The van der Waals surface area contributed by atoms with E-state index in [4.69, 9.17) is 11.6 Å². The van der Waals surface area contributed by atoms with Gasteiger partial charge in [0.1, 0.15) is 16.6 Å². The zero-order chi connectivity index (χ0) is 19.6. The minimum atomic E-state index is -4.68. The van der Waals surface area contributed by atoms with E-state index in [1.54, 1.807) is 30.5 Å². The zero-order valence-corrected chi connectivity index (χ0v) is 15.0. The van der Waals surface area contributed by atoms with Gasteiger partial charge in [0.05, 0.1) is 5.56 Å². The Morgan fingerprint density at radius 1 is 1.26 bits per heavy atom. The average Bonchev–Trinajstić information content (AvgIpc) is 3.13. The third-order valence-electron chi connectivity index (χ3n) is 3.53. The second-order valence-corrected chi connectivity index (χ2v) is 6.77. The number of anilines is 1. The van der Waals surface area contributed by atoms with Crippen LogP contribution in [-0.4, -0.2) is 15.5 Å². The van der Waals surface area contributed by atoms with Crippen molar-refractivity contribution in [3.63, 3.8) is 0 Å². The maximum absolute atomic E-state index is 12.8. The second-order valence-electron chi connectivity index (χ2n) is 5.47. The number of aromatic nitrogens is 2. The summed E-state index contributed by atoms with van der Waals surface area (Å²) in [6, 6.07) is 7.31. The average molecular weight is 414 g/mol. The number of hydrogen-bond acceptors (Lipinski definition) is 4. The number of benzene rings is 1. The highest BCUT2D eigenvalue weighted by Crippen LogP contribution is 2.29. The number of hydrogen-bond donors (Lipinski definition) is 1. The smallest absolute Gasteiger partial charge is 0.325 e.